The van der Waals surface area contributed by atoms with Gasteiger partial charge < -0.3 is 9.47 Å². The van der Waals surface area contributed by atoms with Crippen molar-refractivity contribution in [3.63, 3.8) is 0 Å². The molecule has 126 valence electrons. The third-order valence-electron chi connectivity index (χ3n) is 4.35. The molecule has 0 aliphatic carbocycles. The zero-order valence-electron chi connectivity index (χ0n) is 13.4. The van der Waals surface area contributed by atoms with Gasteiger partial charge in [-0.05, 0) is 29.8 Å². The van der Waals surface area contributed by atoms with Crippen LogP contribution in [-0.4, -0.2) is 23.2 Å². The normalized spacial score (nSPS) is 13.8. The molecule has 0 saturated heterocycles. The molecule has 1 unspecified atom stereocenters. The molecule has 6 heteroatoms. The predicted octanol–water partition coefficient (Wildman–Crippen LogP) is 3.57. The van der Waals surface area contributed by atoms with Gasteiger partial charge in [-0.2, -0.15) is 0 Å². The topological polar surface area (TPSA) is 74.5 Å². The first kappa shape index (κ1) is 15.4. The number of fused-ring (bicyclic) bond motifs is 2. The largest absolute Gasteiger partial charge is 0.454 e. The first-order valence-electron chi connectivity index (χ1n) is 8.05. The van der Waals surface area contributed by atoms with Crippen molar-refractivity contribution in [3.05, 3.63) is 76.0 Å². The molecule has 0 N–H and O–H groups in total. The molecule has 4 rings (SSSR count). The summed E-state index contributed by atoms with van der Waals surface area (Å²) >= 11 is 0. The van der Waals surface area contributed by atoms with Crippen molar-refractivity contribution in [3.8, 4) is 11.5 Å². The van der Waals surface area contributed by atoms with Gasteiger partial charge in [0.05, 0.1) is 11.4 Å². The number of ether oxygens (including phenoxy) is 2. The lowest BCUT2D eigenvalue weighted by atomic mass is 9.93. The van der Waals surface area contributed by atoms with Crippen molar-refractivity contribution in [2.45, 2.75) is 12.3 Å². The Hall–Kier alpha value is -3.15. The molecular weight excluding hydrogens is 320 g/mol. The number of rotatable bonds is 5. The zero-order chi connectivity index (χ0) is 17.2. The van der Waals surface area contributed by atoms with Crippen LogP contribution in [0.4, 0.5) is 0 Å². The van der Waals surface area contributed by atoms with E-state index >= 15 is 0 Å². The summed E-state index contributed by atoms with van der Waals surface area (Å²) in [7, 11) is 0. The molecular formula is C19H16N2O4. The Kier molecular flexibility index (Phi) is 3.93. The fraction of sp³-hybridized carbons (Fsp3) is 0.211. The number of hydrogen-bond acceptors (Lipinski definition) is 5. The van der Waals surface area contributed by atoms with Crippen molar-refractivity contribution in [2.75, 3.05) is 13.3 Å². The number of nitro groups is 1. The first-order chi connectivity index (χ1) is 12.2. The van der Waals surface area contributed by atoms with Crippen LogP contribution in [0.2, 0.25) is 0 Å². The molecule has 6 nitrogen and oxygen atoms in total. The molecule has 1 aliphatic rings. The Morgan fingerprint density at radius 2 is 1.92 bits per heavy atom. The fourth-order valence-electron chi connectivity index (χ4n) is 3.11. The van der Waals surface area contributed by atoms with Crippen LogP contribution in [0.5, 0.6) is 11.5 Å². The van der Waals surface area contributed by atoms with Gasteiger partial charge in [-0.3, -0.25) is 15.1 Å². The van der Waals surface area contributed by atoms with Crippen LogP contribution in [0.25, 0.3) is 10.9 Å². The van der Waals surface area contributed by atoms with Gasteiger partial charge in [0, 0.05) is 22.4 Å². The molecule has 0 fully saturated rings. The predicted molar refractivity (Wildman–Crippen MR) is 92.6 cm³/mol. The van der Waals surface area contributed by atoms with Crippen molar-refractivity contribution in [1.29, 1.82) is 0 Å². The van der Waals surface area contributed by atoms with E-state index in [1.54, 1.807) is 6.07 Å². The Balaban J connectivity index is 1.65. The van der Waals surface area contributed by atoms with Gasteiger partial charge in [0.2, 0.25) is 13.3 Å². The third kappa shape index (κ3) is 3.24. The second-order valence-electron chi connectivity index (χ2n) is 6.02. The highest BCUT2D eigenvalue weighted by Gasteiger charge is 2.22. The summed E-state index contributed by atoms with van der Waals surface area (Å²) in [6.07, 6.45) is 0.492. The van der Waals surface area contributed by atoms with Crippen LogP contribution >= 0.6 is 0 Å². The van der Waals surface area contributed by atoms with Crippen LogP contribution < -0.4 is 9.47 Å². The van der Waals surface area contributed by atoms with Crippen molar-refractivity contribution >= 4 is 10.9 Å². The zero-order valence-corrected chi connectivity index (χ0v) is 13.4. The molecule has 1 aliphatic heterocycles. The molecule has 0 saturated carbocycles. The standard InChI is InChI=1S/C19H16N2O4/c22-21(23)11-15(14-6-8-18-19(10-14)25-12-24-18)9-16-7-5-13-3-1-2-4-17(13)20-16/h1-8,10,15H,9,11-12H2. The van der Waals surface area contributed by atoms with Gasteiger partial charge in [-0.1, -0.05) is 30.3 Å². The Labute approximate surface area is 144 Å². The molecule has 0 radical (unpaired) electrons. The maximum atomic E-state index is 11.1. The lowest BCUT2D eigenvalue weighted by molar-refractivity contribution is -0.483. The lowest BCUT2D eigenvalue weighted by Crippen LogP contribution is -2.15. The van der Waals surface area contributed by atoms with Gasteiger partial charge in [-0.25, -0.2) is 0 Å². The van der Waals surface area contributed by atoms with Crippen LogP contribution in [0.3, 0.4) is 0 Å². The number of hydrogen-bond donors (Lipinski definition) is 0. The maximum absolute atomic E-state index is 11.1. The maximum Gasteiger partial charge on any atom is 0.231 e. The average Bonchev–Trinajstić information content (AvgIpc) is 3.08. The van der Waals surface area contributed by atoms with Gasteiger partial charge in [0.1, 0.15) is 0 Å². The van der Waals surface area contributed by atoms with Crippen LogP contribution in [0, 0.1) is 10.1 Å². The van der Waals surface area contributed by atoms with Gasteiger partial charge in [0.15, 0.2) is 11.5 Å². The summed E-state index contributed by atoms with van der Waals surface area (Å²) in [4.78, 5) is 15.5. The number of para-hydroxylation sites is 1. The first-order valence-corrected chi connectivity index (χ1v) is 8.05. The van der Waals surface area contributed by atoms with Gasteiger partial charge in [-0.15, -0.1) is 0 Å². The van der Waals surface area contributed by atoms with Crippen LogP contribution in [-0.2, 0) is 6.42 Å². The summed E-state index contributed by atoms with van der Waals surface area (Å²) in [6, 6.07) is 17.3. The lowest BCUT2D eigenvalue weighted by Gasteiger charge is -2.14. The molecule has 2 heterocycles. The van der Waals surface area contributed by atoms with Crippen LogP contribution in [0.15, 0.2) is 54.6 Å². The quantitative estimate of drug-likeness (QED) is 0.526. The van der Waals surface area contributed by atoms with E-state index in [1.807, 2.05) is 48.5 Å². The average molecular weight is 336 g/mol. The Bertz CT molecular complexity index is 942. The monoisotopic (exact) mass is 336 g/mol. The highest BCUT2D eigenvalue weighted by atomic mass is 16.7. The molecule has 1 atom stereocenters. The van der Waals surface area contributed by atoms with E-state index in [9.17, 15) is 10.1 Å². The fourth-order valence-corrected chi connectivity index (χ4v) is 3.11. The van der Waals surface area contributed by atoms with Crippen molar-refractivity contribution < 1.29 is 14.4 Å². The van der Waals surface area contributed by atoms with E-state index in [0.29, 0.717) is 17.9 Å². The third-order valence-corrected chi connectivity index (χ3v) is 4.35. The molecule has 25 heavy (non-hydrogen) atoms. The summed E-state index contributed by atoms with van der Waals surface area (Å²) < 4.78 is 10.7. The van der Waals surface area contributed by atoms with E-state index in [0.717, 1.165) is 22.2 Å². The Morgan fingerprint density at radius 3 is 2.80 bits per heavy atom. The summed E-state index contributed by atoms with van der Waals surface area (Å²) in [5.74, 6) is 1.03. The van der Waals surface area contributed by atoms with Crippen molar-refractivity contribution in [1.82, 2.24) is 4.98 Å². The molecule has 2 aromatic carbocycles. The van der Waals surface area contributed by atoms with Gasteiger partial charge >= 0.3 is 0 Å². The minimum atomic E-state index is -0.281. The SMILES string of the molecule is O=[N+]([O-])CC(Cc1ccc2ccccc2n1)c1ccc2c(c1)OCO2. The minimum absolute atomic E-state index is 0.159. The smallest absolute Gasteiger partial charge is 0.231 e. The van der Waals surface area contributed by atoms with Crippen molar-refractivity contribution in [2.24, 2.45) is 0 Å². The molecule has 3 aromatic rings. The molecule has 0 bridgehead atoms. The minimum Gasteiger partial charge on any atom is -0.454 e. The van der Waals surface area contributed by atoms with E-state index in [2.05, 4.69) is 4.98 Å². The number of nitrogens with zero attached hydrogens (tertiary/aromatic N) is 2. The molecule has 1 aromatic heterocycles. The second kappa shape index (κ2) is 6.39. The second-order valence-corrected chi connectivity index (χ2v) is 6.02. The van der Waals surface area contributed by atoms with E-state index in [1.165, 1.54) is 0 Å². The molecule has 0 spiro atoms. The van der Waals surface area contributed by atoms with E-state index < -0.39 is 0 Å². The number of benzene rings is 2. The number of pyridine rings is 1. The van der Waals surface area contributed by atoms with E-state index in [-0.39, 0.29) is 24.2 Å². The summed E-state index contributed by atoms with van der Waals surface area (Å²) in [5.41, 5.74) is 2.59. The highest BCUT2D eigenvalue weighted by Crippen LogP contribution is 2.35. The highest BCUT2D eigenvalue weighted by molar-refractivity contribution is 5.78. The Morgan fingerprint density at radius 1 is 1.08 bits per heavy atom. The number of aromatic nitrogens is 1. The summed E-state index contributed by atoms with van der Waals surface area (Å²) in [6.45, 7) is 0.0269. The molecule has 0 amide bonds. The summed E-state index contributed by atoms with van der Waals surface area (Å²) in [5, 5.41) is 12.2. The van der Waals surface area contributed by atoms with Crippen LogP contribution in [0.1, 0.15) is 17.2 Å². The van der Waals surface area contributed by atoms with Gasteiger partial charge in [0.25, 0.3) is 0 Å². The van der Waals surface area contributed by atoms with E-state index in [4.69, 9.17) is 9.47 Å².